The molecule has 1 amide bonds. The Hall–Kier alpha value is -3.18. The first-order chi connectivity index (χ1) is 20.3. The number of hydrogen-bond donors (Lipinski definition) is 2. The number of piperidine rings is 1. The molecule has 1 aromatic carbocycles. The molecule has 0 unspecified atom stereocenters. The lowest BCUT2D eigenvalue weighted by atomic mass is 9.85. The van der Waals surface area contributed by atoms with Crippen molar-refractivity contribution in [2.45, 2.75) is 70.4 Å². The minimum absolute atomic E-state index is 0.0749. The van der Waals surface area contributed by atoms with E-state index in [4.69, 9.17) is 9.72 Å². The number of carbonyl (C=O) groups excluding carboxylic acids is 1. The number of fused-ring (bicyclic) bond motifs is 1. The molecule has 10 nitrogen and oxygen atoms in total. The molecule has 2 aliphatic rings. The summed E-state index contributed by atoms with van der Waals surface area (Å²) in [6.45, 7) is 5.77. The third-order valence-corrected chi connectivity index (χ3v) is 9.35. The molecule has 0 spiro atoms. The smallest absolute Gasteiger partial charge is 0.224 e. The number of rotatable bonds is 12. The van der Waals surface area contributed by atoms with Gasteiger partial charge in [-0.25, -0.2) is 13.4 Å². The van der Waals surface area contributed by atoms with Crippen LogP contribution in [0.3, 0.4) is 0 Å². The monoisotopic (exact) mass is 596 g/mol. The first kappa shape index (κ1) is 30.3. The van der Waals surface area contributed by atoms with Crippen LogP contribution in [-0.2, 0) is 14.6 Å². The van der Waals surface area contributed by atoms with Gasteiger partial charge in [-0.15, -0.1) is 0 Å². The van der Waals surface area contributed by atoms with Crippen molar-refractivity contribution in [1.82, 2.24) is 24.8 Å². The van der Waals surface area contributed by atoms with Gasteiger partial charge in [0.15, 0.2) is 0 Å². The van der Waals surface area contributed by atoms with E-state index in [1.54, 1.807) is 6.20 Å². The minimum Gasteiger partial charge on any atom is -0.493 e. The summed E-state index contributed by atoms with van der Waals surface area (Å²) in [7, 11) is -3.01. The largest absolute Gasteiger partial charge is 0.493 e. The number of nitrogens with one attached hydrogen (secondary N) is 2. The standard InChI is InChI=1S/C31H44N6O4S/c1-3-17-36-18-5-7-25(22-36)33-30(38)23-10-12-24(13-11-23)34-31-32-16-14-29(35-31)37-19-15-26-27(37)8-4-9-28(26)41-20-6-21-42(2,39)40/h4,8-9,14-16,19,23-25H,3,5-7,10-13,17-18,20-22H2,1-2H3,(H,33,38)(H,32,34,35)/t23-,24-,25-/m0/s1. The van der Waals surface area contributed by atoms with Crippen LogP contribution in [0.1, 0.15) is 58.3 Å². The minimum atomic E-state index is -3.01. The zero-order valence-corrected chi connectivity index (χ0v) is 25.6. The van der Waals surface area contributed by atoms with Gasteiger partial charge >= 0.3 is 0 Å². The fourth-order valence-corrected chi connectivity index (χ4v) is 6.86. The van der Waals surface area contributed by atoms with Crippen LogP contribution in [0.2, 0.25) is 0 Å². The van der Waals surface area contributed by atoms with Gasteiger partial charge in [-0.1, -0.05) is 13.0 Å². The molecule has 1 aliphatic heterocycles. The molecule has 228 valence electrons. The highest BCUT2D eigenvalue weighted by atomic mass is 32.2. The number of amides is 1. The number of hydrogen-bond acceptors (Lipinski definition) is 8. The molecular formula is C31H44N6O4S. The van der Waals surface area contributed by atoms with Gasteiger partial charge in [0, 0.05) is 48.6 Å². The fourth-order valence-electron chi connectivity index (χ4n) is 6.22. The van der Waals surface area contributed by atoms with Crippen LogP contribution in [0.5, 0.6) is 5.75 Å². The van der Waals surface area contributed by atoms with Crippen molar-refractivity contribution in [2.75, 3.05) is 43.6 Å². The van der Waals surface area contributed by atoms with Crippen molar-refractivity contribution >= 4 is 32.6 Å². The van der Waals surface area contributed by atoms with Crippen LogP contribution in [0.4, 0.5) is 5.95 Å². The summed E-state index contributed by atoms with van der Waals surface area (Å²) in [5.74, 6) is 2.44. The van der Waals surface area contributed by atoms with E-state index in [0.717, 1.165) is 87.1 Å². The second-order valence-corrected chi connectivity index (χ2v) is 14.0. The van der Waals surface area contributed by atoms with E-state index in [1.165, 1.54) is 6.26 Å². The Morgan fingerprint density at radius 2 is 1.93 bits per heavy atom. The summed E-state index contributed by atoms with van der Waals surface area (Å²) in [6.07, 6.45) is 12.3. The molecule has 3 heterocycles. The average molecular weight is 597 g/mol. The zero-order valence-electron chi connectivity index (χ0n) is 24.8. The van der Waals surface area contributed by atoms with E-state index in [0.29, 0.717) is 19.0 Å². The van der Waals surface area contributed by atoms with Gasteiger partial charge in [0.2, 0.25) is 11.9 Å². The molecule has 1 saturated carbocycles. The van der Waals surface area contributed by atoms with Crippen molar-refractivity contribution < 1.29 is 17.9 Å². The van der Waals surface area contributed by atoms with Gasteiger partial charge in [0.05, 0.1) is 17.9 Å². The van der Waals surface area contributed by atoms with Crippen molar-refractivity contribution in [3.63, 3.8) is 0 Å². The Balaban J connectivity index is 1.15. The number of sulfone groups is 1. The van der Waals surface area contributed by atoms with E-state index < -0.39 is 9.84 Å². The molecule has 5 rings (SSSR count). The van der Waals surface area contributed by atoms with Gasteiger partial charge < -0.3 is 24.8 Å². The van der Waals surface area contributed by atoms with Crippen LogP contribution in [0.25, 0.3) is 16.7 Å². The topological polar surface area (TPSA) is 118 Å². The van der Waals surface area contributed by atoms with Gasteiger partial charge in [-0.05, 0) is 88.7 Å². The lowest BCUT2D eigenvalue weighted by Crippen LogP contribution is -2.49. The van der Waals surface area contributed by atoms with Crippen molar-refractivity contribution in [3.05, 3.63) is 42.7 Å². The Morgan fingerprint density at radius 3 is 2.71 bits per heavy atom. The van der Waals surface area contributed by atoms with Crippen LogP contribution in [0.15, 0.2) is 42.7 Å². The molecule has 1 aliphatic carbocycles. The summed E-state index contributed by atoms with van der Waals surface area (Å²) in [4.78, 5) is 24.7. The summed E-state index contributed by atoms with van der Waals surface area (Å²) < 4.78 is 30.7. The highest BCUT2D eigenvalue weighted by Crippen LogP contribution is 2.30. The second-order valence-electron chi connectivity index (χ2n) is 11.8. The van der Waals surface area contributed by atoms with Crippen LogP contribution < -0.4 is 15.4 Å². The number of aromatic nitrogens is 3. The van der Waals surface area contributed by atoms with Crippen LogP contribution >= 0.6 is 0 Å². The molecule has 2 fully saturated rings. The third-order valence-electron chi connectivity index (χ3n) is 8.32. The maximum Gasteiger partial charge on any atom is 0.224 e. The molecule has 2 N–H and O–H groups in total. The van der Waals surface area contributed by atoms with E-state index in [-0.39, 0.29) is 29.7 Å². The van der Waals surface area contributed by atoms with Crippen molar-refractivity contribution in [3.8, 4) is 11.6 Å². The van der Waals surface area contributed by atoms with Crippen LogP contribution in [0, 0.1) is 5.92 Å². The first-order valence-corrected chi connectivity index (χ1v) is 17.4. The predicted molar refractivity (Wildman–Crippen MR) is 166 cm³/mol. The second kappa shape index (κ2) is 13.9. The van der Waals surface area contributed by atoms with Gasteiger partial charge in [-0.3, -0.25) is 4.79 Å². The summed E-state index contributed by atoms with van der Waals surface area (Å²) >= 11 is 0. The summed E-state index contributed by atoms with van der Waals surface area (Å²) in [6, 6.07) is 10.2. The summed E-state index contributed by atoms with van der Waals surface area (Å²) in [5, 5.41) is 7.78. The fraction of sp³-hybridized carbons (Fsp3) is 0.581. The highest BCUT2D eigenvalue weighted by Gasteiger charge is 2.29. The number of likely N-dealkylation sites (tertiary alicyclic amines) is 1. The lowest BCUT2D eigenvalue weighted by Gasteiger charge is -2.34. The maximum absolute atomic E-state index is 13.0. The van der Waals surface area contributed by atoms with E-state index in [1.807, 2.05) is 41.1 Å². The zero-order chi connectivity index (χ0) is 29.5. The predicted octanol–water partition coefficient (Wildman–Crippen LogP) is 4.20. The first-order valence-electron chi connectivity index (χ1n) is 15.3. The number of ether oxygens (including phenoxy) is 1. The van der Waals surface area contributed by atoms with E-state index in [2.05, 4.69) is 27.4 Å². The Morgan fingerprint density at radius 1 is 1.10 bits per heavy atom. The molecule has 0 bridgehead atoms. The average Bonchev–Trinajstić information content (AvgIpc) is 3.41. The number of anilines is 1. The molecule has 2 aromatic heterocycles. The van der Waals surface area contributed by atoms with Gasteiger partial charge in [0.1, 0.15) is 21.4 Å². The molecule has 1 saturated heterocycles. The molecule has 3 aromatic rings. The lowest BCUT2D eigenvalue weighted by molar-refractivity contribution is -0.127. The number of benzene rings is 1. The summed E-state index contributed by atoms with van der Waals surface area (Å²) in [5.41, 5.74) is 0.947. The molecule has 11 heteroatoms. The molecule has 42 heavy (non-hydrogen) atoms. The Kier molecular flexibility index (Phi) is 9.99. The van der Waals surface area contributed by atoms with E-state index >= 15 is 0 Å². The molecule has 0 radical (unpaired) electrons. The SMILES string of the molecule is CCCN1CCC[C@H](NC(=O)[C@H]2CC[C@H](Nc3nccc(-n4ccc5c(OCCCS(C)(=O)=O)cccc54)n3)CC2)C1. The van der Waals surface area contributed by atoms with Crippen LogP contribution in [-0.4, -0.2) is 84.1 Å². The number of carbonyl (C=O) groups is 1. The Bertz CT molecular complexity index is 1450. The molecule has 1 atom stereocenters. The third kappa shape index (κ3) is 8.01. The maximum atomic E-state index is 13.0. The van der Waals surface area contributed by atoms with E-state index in [9.17, 15) is 13.2 Å². The molecular weight excluding hydrogens is 552 g/mol. The highest BCUT2D eigenvalue weighted by molar-refractivity contribution is 7.90. The van der Waals surface area contributed by atoms with Gasteiger partial charge in [0.25, 0.3) is 0 Å². The normalized spacial score (nSPS) is 21.7. The quantitative estimate of drug-likeness (QED) is 0.299. The van der Waals surface area contributed by atoms with Crippen molar-refractivity contribution in [1.29, 1.82) is 0 Å². The number of nitrogens with zero attached hydrogens (tertiary/aromatic N) is 4. The van der Waals surface area contributed by atoms with Crippen molar-refractivity contribution in [2.24, 2.45) is 5.92 Å². The Labute approximate surface area is 249 Å². The van der Waals surface area contributed by atoms with Gasteiger partial charge in [-0.2, -0.15) is 4.98 Å².